The minimum atomic E-state index is -0.202. The van der Waals surface area contributed by atoms with Gasteiger partial charge in [-0.25, -0.2) is 0 Å². The van der Waals surface area contributed by atoms with Crippen molar-refractivity contribution < 1.29 is 4.79 Å². The first kappa shape index (κ1) is 10.1. The predicted octanol–water partition coefficient (Wildman–Crippen LogP) is 1.57. The summed E-state index contributed by atoms with van der Waals surface area (Å²) in [5, 5.41) is 0. The van der Waals surface area contributed by atoms with Gasteiger partial charge in [-0.2, -0.15) is 0 Å². The number of nitrogens with zero attached hydrogens (tertiary/aromatic N) is 1. The van der Waals surface area contributed by atoms with Crippen LogP contribution in [0.5, 0.6) is 0 Å². The van der Waals surface area contributed by atoms with Crippen molar-refractivity contribution in [2.45, 2.75) is 19.0 Å². The normalized spacial score (nSPS) is 21.9. The first-order chi connectivity index (χ1) is 6.66. The highest BCUT2D eigenvalue weighted by Crippen LogP contribution is 2.26. The number of halogens is 1. The molecule has 0 saturated carbocycles. The Kier molecular flexibility index (Phi) is 2.90. The van der Waals surface area contributed by atoms with Crippen molar-refractivity contribution in [2.24, 2.45) is 5.73 Å². The molecule has 1 atom stereocenters. The summed E-state index contributed by atoms with van der Waals surface area (Å²) in [4.78, 5) is 14.3. The molecule has 3 nitrogen and oxygen atoms in total. The lowest BCUT2D eigenvalue weighted by Gasteiger charge is -2.38. The van der Waals surface area contributed by atoms with Crippen molar-refractivity contribution in [3.8, 4) is 0 Å². The molecule has 0 aromatic carbocycles. The average Bonchev–Trinajstić information content (AvgIpc) is 2.44. The van der Waals surface area contributed by atoms with Crippen molar-refractivity contribution in [3.63, 3.8) is 0 Å². The van der Waals surface area contributed by atoms with Gasteiger partial charge in [0.15, 0.2) is 0 Å². The van der Waals surface area contributed by atoms with Gasteiger partial charge in [-0.3, -0.25) is 9.69 Å². The minimum absolute atomic E-state index is 0.0455. The van der Waals surface area contributed by atoms with Crippen LogP contribution < -0.4 is 5.73 Å². The van der Waals surface area contributed by atoms with Gasteiger partial charge < -0.3 is 5.73 Å². The molecule has 76 valence electrons. The highest BCUT2D eigenvalue weighted by molar-refractivity contribution is 9.11. The fourth-order valence-corrected chi connectivity index (χ4v) is 3.10. The van der Waals surface area contributed by atoms with E-state index in [1.807, 2.05) is 6.07 Å². The number of thiophene rings is 1. The van der Waals surface area contributed by atoms with Crippen LogP contribution in [-0.2, 0) is 11.3 Å². The fourth-order valence-electron chi connectivity index (χ4n) is 1.59. The minimum Gasteiger partial charge on any atom is -0.368 e. The maximum Gasteiger partial charge on any atom is 0.234 e. The van der Waals surface area contributed by atoms with Gasteiger partial charge in [0.1, 0.15) is 0 Å². The van der Waals surface area contributed by atoms with Crippen molar-refractivity contribution >= 4 is 33.2 Å². The zero-order chi connectivity index (χ0) is 10.1. The molecule has 2 heterocycles. The molecule has 1 amide bonds. The van der Waals surface area contributed by atoms with E-state index in [9.17, 15) is 4.79 Å². The third-order valence-corrected chi connectivity index (χ3v) is 4.06. The van der Waals surface area contributed by atoms with Crippen molar-refractivity contribution in [1.82, 2.24) is 4.90 Å². The Morgan fingerprint density at radius 2 is 2.50 bits per heavy atom. The molecule has 14 heavy (non-hydrogen) atoms. The van der Waals surface area contributed by atoms with Gasteiger partial charge in [-0.1, -0.05) is 0 Å². The zero-order valence-electron chi connectivity index (χ0n) is 7.57. The van der Waals surface area contributed by atoms with Crippen LogP contribution in [0.15, 0.2) is 15.9 Å². The van der Waals surface area contributed by atoms with Crippen LogP contribution in [0.25, 0.3) is 0 Å². The molecule has 1 aliphatic heterocycles. The number of carbonyl (C=O) groups excluding carboxylic acids is 1. The quantitative estimate of drug-likeness (QED) is 0.910. The van der Waals surface area contributed by atoms with E-state index in [0.29, 0.717) is 0 Å². The summed E-state index contributed by atoms with van der Waals surface area (Å²) in [6.07, 6.45) is 0.905. The number of amides is 1. The third kappa shape index (κ3) is 1.99. The second-order valence-electron chi connectivity index (χ2n) is 3.38. The Morgan fingerprint density at radius 1 is 1.71 bits per heavy atom. The first-order valence-corrected chi connectivity index (χ1v) is 6.05. The topological polar surface area (TPSA) is 46.3 Å². The lowest BCUT2D eigenvalue weighted by atomic mass is 10.0. The number of hydrogen-bond acceptors (Lipinski definition) is 3. The zero-order valence-corrected chi connectivity index (χ0v) is 9.97. The maximum absolute atomic E-state index is 11.0. The lowest BCUT2D eigenvalue weighted by molar-refractivity contribution is -0.127. The van der Waals surface area contributed by atoms with Gasteiger partial charge in [0.25, 0.3) is 0 Å². The predicted molar refractivity (Wildman–Crippen MR) is 60.0 cm³/mol. The van der Waals surface area contributed by atoms with Gasteiger partial charge in [0.05, 0.1) is 9.83 Å². The Balaban J connectivity index is 1.95. The molecule has 1 fully saturated rings. The van der Waals surface area contributed by atoms with Crippen LogP contribution in [0.3, 0.4) is 0 Å². The van der Waals surface area contributed by atoms with Crippen LogP contribution in [0, 0.1) is 0 Å². The second kappa shape index (κ2) is 4.00. The Morgan fingerprint density at radius 3 is 2.93 bits per heavy atom. The molecule has 0 aliphatic carbocycles. The van der Waals surface area contributed by atoms with E-state index in [1.54, 1.807) is 11.3 Å². The monoisotopic (exact) mass is 274 g/mol. The van der Waals surface area contributed by atoms with Crippen LogP contribution in [0.1, 0.15) is 11.3 Å². The van der Waals surface area contributed by atoms with Crippen molar-refractivity contribution in [1.29, 1.82) is 0 Å². The molecule has 1 aromatic heterocycles. The summed E-state index contributed by atoms with van der Waals surface area (Å²) in [7, 11) is 0. The number of hydrogen-bond donors (Lipinski definition) is 1. The number of primary amides is 1. The summed E-state index contributed by atoms with van der Waals surface area (Å²) in [6, 6.07) is 4.06. The van der Waals surface area contributed by atoms with Crippen LogP contribution in [-0.4, -0.2) is 23.4 Å². The van der Waals surface area contributed by atoms with E-state index in [4.69, 9.17) is 5.73 Å². The molecular weight excluding hydrogens is 264 g/mol. The highest BCUT2D eigenvalue weighted by Gasteiger charge is 2.32. The summed E-state index contributed by atoms with van der Waals surface area (Å²) in [5.74, 6) is -0.202. The first-order valence-electron chi connectivity index (χ1n) is 4.44. The number of nitrogens with two attached hydrogens (primary N) is 1. The molecular formula is C9H11BrN2OS. The Bertz CT molecular complexity index is 352. The fraction of sp³-hybridized carbons (Fsp3) is 0.444. The largest absolute Gasteiger partial charge is 0.368 e. The van der Waals surface area contributed by atoms with E-state index < -0.39 is 0 Å². The van der Waals surface area contributed by atoms with Crippen LogP contribution in [0.4, 0.5) is 0 Å². The smallest absolute Gasteiger partial charge is 0.234 e. The number of rotatable bonds is 3. The van der Waals surface area contributed by atoms with Gasteiger partial charge in [0, 0.05) is 18.0 Å². The summed E-state index contributed by atoms with van der Waals surface area (Å²) in [5.41, 5.74) is 5.26. The Labute approximate surface area is 95.0 Å². The molecule has 0 spiro atoms. The molecule has 5 heteroatoms. The Hall–Kier alpha value is -0.390. The van der Waals surface area contributed by atoms with Gasteiger partial charge in [0.2, 0.25) is 5.91 Å². The average molecular weight is 275 g/mol. The van der Waals surface area contributed by atoms with E-state index in [0.717, 1.165) is 23.3 Å². The second-order valence-corrected chi connectivity index (χ2v) is 5.93. The van der Waals surface area contributed by atoms with E-state index in [1.165, 1.54) is 4.88 Å². The molecule has 0 bridgehead atoms. The molecule has 2 N–H and O–H groups in total. The van der Waals surface area contributed by atoms with Gasteiger partial charge >= 0.3 is 0 Å². The summed E-state index contributed by atoms with van der Waals surface area (Å²) in [6.45, 7) is 1.81. The SMILES string of the molecule is NC(=O)C1CCN1Cc1ccc(Br)s1. The molecule has 1 aliphatic rings. The molecule has 1 aromatic rings. The maximum atomic E-state index is 11.0. The molecule has 1 saturated heterocycles. The molecule has 1 unspecified atom stereocenters. The van der Waals surface area contributed by atoms with Crippen molar-refractivity contribution in [3.05, 3.63) is 20.8 Å². The van der Waals surface area contributed by atoms with Gasteiger partial charge in [-0.15, -0.1) is 11.3 Å². The number of likely N-dealkylation sites (tertiary alicyclic amines) is 1. The standard InChI is InChI=1S/C9H11BrN2OS/c10-8-2-1-6(14-8)5-12-4-3-7(12)9(11)13/h1-2,7H,3-5H2,(H2,11,13). The number of carbonyl (C=O) groups is 1. The third-order valence-electron chi connectivity index (χ3n) is 2.45. The van der Waals surface area contributed by atoms with E-state index in [2.05, 4.69) is 26.9 Å². The van der Waals surface area contributed by atoms with Crippen LogP contribution >= 0.6 is 27.3 Å². The van der Waals surface area contributed by atoms with E-state index in [-0.39, 0.29) is 11.9 Å². The van der Waals surface area contributed by atoms with Crippen molar-refractivity contribution in [2.75, 3.05) is 6.54 Å². The highest BCUT2D eigenvalue weighted by atomic mass is 79.9. The lowest BCUT2D eigenvalue weighted by Crippen LogP contribution is -2.53. The summed E-state index contributed by atoms with van der Waals surface area (Å²) >= 11 is 5.12. The summed E-state index contributed by atoms with van der Waals surface area (Å²) < 4.78 is 1.13. The van der Waals surface area contributed by atoms with Gasteiger partial charge in [-0.05, 0) is 34.5 Å². The van der Waals surface area contributed by atoms with Crippen LogP contribution in [0.2, 0.25) is 0 Å². The molecule has 0 radical (unpaired) electrons. The molecule has 2 rings (SSSR count). The van der Waals surface area contributed by atoms with E-state index >= 15 is 0 Å².